The van der Waals surface area contributed by atoms with Gasteiger partial charge >= 0.3 is 0 Å². The molecule has 11 aromatic carbocycles. The first-order chi connectivity index (χ1) is 31.8. The third-order valence-corrected chi connectivity index (χ3v) is 12.8. The van der Waals surface area contributed by atoms with Crippen molar-refractivity contribution >= 4 is 60.4 Å². The molecule has 0 aliphatic rings. The molecule has 1 aromatic heterocycles. The number of para-hydroxylation sites is 3. The highest BCUT2D eigenvalue weighted by Crippen LogP contribution is 2.46. The van der Waals surface area contributed by atoms with Crippen molar-refractivity contribution in [3.05, 3.63) is 255 Å². The van der Waals surface area contributed by atoms with Crippen LogP contribution in [0.15, 0.2) is 255 Å². The Morgan fingerprint density at radius 2 is 0.844 bits per heavy atom. The summed E-state index contributed by atoms with van der Waals surface area (Å²) in [4.78, 5) is 2.43. The molecule has 0 aliphatic carbocycles. The lowest BCUT2D eigenvalue weighted by Crippen LogP contribution is -2.12. The molecule has 0 aliphatic heterocycles. The zero-order chi connectivity index (χ0) is 42.4. The van der Waals surface area contributed by atoms with Gasteiger partial charge in [0.05, 0.1) is 22.4 Å². The van der Waals surface area contributed by atoms with E-state index < -0.39 is 0 Å². The van der Waals surface area contributed by atoms with Crippen molar-refractivity contribution in [2.45, 2.75) is 0 Å². The largest absolute Gasteiger partial charge is 0.310 e. The molecule has 64 heavy (non-hydrogen) atoms. The van der Waals surface area contributed by atoms with Crippen LogP contribution in [-0.4, -0.2) is 4.57 Å². The van der Waals surface area contributed by atoms with Gasteiger partial charge in [-0.05, 0) is 98.1 Å². The molecule has 1 heterocycles. The highest BCUT2D eigenvalue weighted by Gasteiger charge is 2.22. The Kier molecular flexibility index (Phi) is 9.20. The van der Waals surface area contributed by atoms with Crippen molar-refractivity contribution in [2.24, 2.45) is 0 Å². The van der Waals surface area contributed by atoms with E-state index in [0.29, 0.717) is 0 Å². The zero-order valence-electron chi connectivity index (χ0n) is 35.1. The van der Waals surface area contributed by atoms with Crippen molar-refractivity contribution in [3.8, 4) is 50.2 Å². The Balaban J connectivity index is 1.03. The van der Waals surface area contributed by atoms with Crippen molar-refractivity contribution in [2.75, 3.05) is 4.90 Å². The van der Waals surface area contributed by atoms with E-state index in [2.05, 4.69) is 264 Å². The zero-order valence-corrected chi connectivity index (χ0v) is 35.1. The summed E-state index contributed by atoms with van der Waals surface area (Å²) >= 11 is 0. The summed E-state index contributed by atoms with van der Waals surface area (Å²) < 4.78 is 2.49. The van der Waals surface area contributed by atoms with Crippen molar-refractivity contribution in [3.63, 3.8) is 0 Å². The van der Waals surface area contributed by atoms with Gasteiger partial charge in [-0.2, -0.15) is 0 Å². The van der Waals surface area contributed by atoms with Crippen LogP contribution < -0.4 is 4.90 Å². The van der Waals surface area contributed by atoms with Gasteiger partial charge < -0.3 is 9.47 Å². The average molecular weight is 815 g/mol. The molecule has 0 radical (unpaired) electrons. The summed E-state index contributed by atoms with van der Waals surface area (Å²) in [7, 11) is 0. The SMILES string of the molecule is c1ccc(-c2cccc(N(c3ccc(-c4cccc(-c5cccc6ccccc56)c4)cc3)c3ccccc3-c3ccccc3-n3c4ccccc4c4ccc5ccccc5c43)c2)cc1. The lowest BCUT2D eigenvalue weighted by Gasteiger charge is -2.29. The Morgan fingerprint density at radius 1 is 0.281 bits per heavy atom. The summed E-state index contributed by atoms with van der Waals surface area (Å²) in [5, 5.41) is 7.47. The van der Waals surface area contributed by atoms with Crippen LogP contribution in [0.2, 0.25) is 0 Å². The maximum Gasteiger partial charge on any atom is 0.0619 e. The maximum absolute atomic E-state index is 2.49. The van der Waals surface area contributed by atoms with Gasteiger partial charge in [-0.1, -0.05) is 206 Å². The summed E-state index contributed by atoms with van der Waals surface area (Å²) in [6.07, 6.45) is 0. The second-order valence-electron chi connectivity index (χ2n) is 16.5. The number of anilines is 3. The summed E-state index contributed by atoms with van der Waals surface area (Å²) in [5.41, 5.74) is 16.2. The summed E-state index contributed by atoms with van der Waals surface area (Å²) in [6.45, 7) is 0. The molecule has 0 fully saturated rings. The van der Waals surface area contributed by atoms with Gasteiger partial charge in [0.2, 0.25) is 0 Å². The van der Waals surface area contributed by atoms with Gasteiger partial charge in [-0.3, -0.25) is 0 Å². The van der Waals surface area contributed by atoms with Gasteiger partial charge in [0.25, 0.3) is 0 Å². The molecular formula is C62H42N2. The molecule has 0 saturated carbocycles. The third kappa shape index (κ3) is 6.44. The molecule has 0 N–H and O–H groups in total. The van der Waals surface area contributed by atoms with Crippen molar-refractivity contribution in [1.29, 1.82) is 0 Å². The number of benzene rings is 11. The fourth-order valence-corrected chi connectivity index (χ4v) is 9.80. The Labute approximate surface area is 373 Å². The number of aromatic nitrogens is 1. The molecule has 0 amide bonds. The Hall–Kier alpha value is -8.46. The van der Waals surface area contributed by atoms with Crippen molar-refractivity contribution < 1.29 is 0 Å². The molecule has 300 valence electrons. The summed E-state index contributed by atoms with van der Waals surface area (Å²) in [5.74, 6) is 0. The third-order valence-electron chi connectivity index (χ3n) is 12.8. The number of nitrogens with zero attached hydrogens (tertiary/aromatic N) is 2. The van der Waals surface area contributed by atoms with E-state index in [1.807, 2.05) is 0 Å². The first kappa shape index (κ1) is 37.3. The number of rotatable bonds is 8. The average Bonchev–Trinajstić information content (AvgIpc) is 3.72. The number of hydrogen-bond acceptors (Lipinski definition) is 1. The number of hydrogen-bond donors (Lipinski definition) is 0. The van der Waals surface area contributed by atoms with Gasteiger partial charge in [-0.15, -0.1) is 0 Å². The molecule has 0 unspecified atom stereocenters. The van der Waals surface area contributed by atoms with Crippen molar-refractivity contribution in [1.82, 2.24) is 4.57 Å². The van der Waals surface area contributed by atoms with Gasteiger partial charge in [-0.25, -0.2) is 0 Å². The lowest BCUT2D eigenvalue weighted by molar-refractivity contribution is 1.18. The van der Waals surface area contributed by atoms with Crippen LogP contribution in [0.5, 0.6) is 0 Å². The highest BCUT2D eigenvalue weighted by atomic mass is 15.1. The maximum atomic E-state index is 2.49. The Bertz CT molecular complexity index is 3670. The standard InChI is InChI=1S/C62H42N2/c1-2-17-43(18-3-1)48-23-15-25-51(42-48)63(50-38-35-44(36-39-50)47-22-14-24-49(41-47)53-31-16-21-45-19-4-6-26-52(45)53)59-32-11-8-28-55(59)56-29-9-12-33-60(56)64-61-34-13-10-30-57(61)58-40-37-46-20-5-7-27-54(46)62(58)64/h1-42H. The van der Waals surface area contributed by atoms with E-state index in [4.69, 9.17) is 0 Å². The van der Waals surface area contributed by atoms with Gasteiger partial charge in [0.15, 0.2) is 0 Å². The normalized spacial score (nSPS) is 11.4. The predicted octanol–water partition coefficient (Wildman–Crippen LogP) is 17.2. The number of fused-ring (bicyclic) bond motifs is 6. The first-order valence-electron chi connectivity index (χ1n) is 22.0. The topological polar surface area (TPSA) is 8.17 Å². The minimum absolute atomic E-state index is 1.08. The highest BCUT2D eigenvalue weighted by molar-refractivity contribution is 6.19. The molecule has 0 spiro atoms. The minimum atomic E-state index is 1.08. The fourth-order valence-electron chi connectivity index (χ4n) is 9.80. The van der Waals surface area contributed by atoms with Crippen LogP contribution in [0.4, 0.5) is 17.1 Å². The van der Waals surface area contributed by atoms with Crippen LogP contribution >= 0.6 is 0 Å². The molecule has 12 aromatic rings. The molecule has 0 bridgehead atoms. The van der Waals surface area contributed by atoms with Crippen LogP contribution in [-0.2, 0) is 0 Å². The van der Waals surface area contributed by atoms with Crippen LogP contribution in [0.25, 0.3) is 93.5 Å². The van der Waals surface area contributed by atoms with Crippen LogP contribution in [0.3, 0.4) is 0 Å². The van der Waals surface area contributed by atoms with E-state index in [-0.39, 0.29) is 0 Å². The molecule has 0 atom stereocenters. The minimum Gasteiger partial charge on any atom is -0.310 e. The smallest absolute Gasteiger partial charge is 0.0619 e. The van der Waals surface area contributed by atoms with Crippen LogP contribution in [0.1, 0.15) is 0 Å². The van der Waals surface area contributed by atoms with E-state index in [1.54, 1.807) is 0 Å². The van der Waals surface area contributed by atoms with E-state index in [9.17, 15) is 0 Å². The lowest BCUT2D eigenvalue weighted by atomic mass is 9.95. The molecule has 2 nitrogen and oxygen atoms in total. The van der Waals surface area contributed by atoms with Gasteiger partial charge in [0, 0.05) is 38.7 Å². The summed E-state index contributed by atoms with van der Waals surface area (Å²) in [6, 6.07) is 92.7. The van der Waals surface area contributed by atoms with E-state index in [0.717, 1.165) is 33.9 Å². The molecular weight excluding hydrogens is 773 g/mol. The molecule has 0 saturated heterocycles. The second-order valence-corrected chi connectivity index (χ2v) is 16.5. The first-order valence-corrected chi connectivity index (χ1v) is 22.0. The second kappa shape index (κ2) is 15.8. The Morgan fingerprint density at radius 3 is 1.69 bits per heavy atom. The fraction of sp³-hybridized carbons (Fsp3) is 0. The van der Waals surface area contributed by atoms with Crippen LogP contribution in [0, 0.1) is 0 Å². The monoisotopic (exact) mass is 814 g/mol. The van der Waals surface area contributed by atoms with E-state index >= 15 is 0 Å². The van der Waals surface area contributed by atoms with Gasteiger partial charge in [0.1, 0.15) is 0 Å². The van der Waals surface area contributed by atoms with E-state index in [1.165, 1.54) is 76.7 Å². The quantitative estimate of drug-likeness (QED) is 0.148. The molecule has 12 rings (SSSR count). The predicted molar refractivity (Wildman–Crippen MR) is 272 cm³/mol. The molecule has 2 heteroatoms.